The van der Waals surface area contributed by atoms with Gasteiger partial charge in [-0.1, -0.05) is 0 Å². The number of pyridine rings is 1. The van der Waals surface area contributed by atoms with Crippen LogP contribution >= 0.6 is 0 Å². The van der Waals surface area contributed by atoms with Crippen molar-refractivity contribution in [1.82, 2.24) is 4.98 Å². The average molecular weight is 366 g/mol. The number of benzene rings is 2. The van der Waals surface area contributed by atoms with E-state index >= 15 is 0 Å². The Labute approximate surface area is 155 Å². The number of rotatable bonds is 4. The quantitative estimate of drug-likeness (QED) is 0.761. The van der Waals surface area contributed by atoms with E-state index in [0.29, 0.717) is 45.2 Å². The largest absolute Gasteiger partial charge is 0.493 e. The lowest BCUT2D eigenvalue weighted by Crippen LogP contribution is -2.13. The first-order valence-corrected chi connectivity index (χ1v) is 8.33. The highest BCUT2D eigenvalue weighted by Crippen LogP contribution is 2.37. The molecule has 7 nitrogen and oxygen atoms in total. The Balaban J connectivity index is 1.72. The molecule has 1 aliphatic heterocycles. The number of methoxy groups -OCH3 is 2. The Morgan fingerprint density at radius 1 is 1.07 bits per heavy atom. The van der Waals surface area contributed by atoms with Crippen LogP contribution < -0.4 is 24.3 Å². The molecule has 3 aromatic rings. The lowest BCUT2D eigenvalue weighted by atomic mass is 10.1. The number of hydrogen-bond donors (Lipinski definition) is 1. The van der Waals surface area contributed by atoms with Gasteiger partial charge in [0.25, 0.3) is 5.91 Å². The van der Waals surface area contributed by atoms with E-state index in [-0.39, 0.29) is 12.7 Å². The van der Waals surface area contributed by atoms with Crippen LogP contribution in [0.3, 0.4) is 0 Å². The van der Waals surface area contributed by atoms with Crippen molar-refractivity contribution >= 4 is 22.5 Å². The van der Waals surface area contributed by atoms with Gasteiger partial charge in [-0.05, 0) is 30.7 Å². The Bertz CT molecular complexity index is 1050. The van der Waals surface area contributed by atoms with Crippen molar-refractivity contribution in [3.8, 4) is 23.0 Å². The van der Waals surface area contributed by atoms with E-state index in [4.69, 9.17) is 18.9 Å². The molecule has 27 heavy (non-hydrogen) atoms. The number of nitrogens with one attached hydrogen (secondary N) is 1. The average Bonchev–Trinajstić information content (AvgIpc) is 3.14. The van der Waals surface area contributed by atoms with Crippen LogP contribution in [0.25, 0.3) is 10.9 Å². The third-order valence-electron chi connectivity index (χ3n) is 4.46. The van der Waals surface area contributed by atoms with E-state index in [1.165, 1.54) is 0 Å². The molecule has 0 atom stereocenters. The molecule has 0 spiro atoms. The minimum Gasteiger partial charge on any atom is -0.493 e. The van der Waals surface area contributed by atoms with Crippen molar-refractivity contribution in [3.05, 3.63) is 47.7 Å². The van der Waals surface area contributed by atoms with Gasteiger partial charge in [0.15, 0.2) is 23.0 Å². The molecule has 0 saturated carbocycles. The van der Waals surface area contributed by atoms with Crippen LogP contribution in [0.2, 0.25) is 0 Å². The fourth-order valence-corrected chi connectivity index (χ4v) is 3.04. The number of fused-ring (bicyclic) bond motifs is 2. The van der Waals surface area contributed by atoms with Crippen molar-refractivity contribution in [2.45, 2.75) is 6.92 Å². The molecule has 1 amide bonds. The molecule has 1 aromatic heterocycles. The normalized spacial score (nSPS) is 12.1. The number of nitrogens with zero attached hydrogens (tertiary/aromatic N) is 1. The van der Waals surface area contributed by atoms with Crippen LogP contribution in [0.5, 0.6) is 23.0 Å². The Morgan fingerprint density at radius 2 is 1.78 bits per heavy atom. The summed E-state index contributed by atoms with van der Waals surface area (Å²) in [5, 5.41) is 3.63. The Morgan fingerprint density at radius 3 is 2.52 bits per heavy atom. The van der Waals surface area contributed by atoms with Crippen LogP contribution in [-0.2, 0) is 0 Å². The SMILES string of the molecule is COc1cc(C)c(NC(=O)c2ccnc3cc4c(cc23)OCO4)cc1OC. The number of carbonyl (C=O) groups excluding carboxylic acids is 1. The maximum absolute atomic E-state index is 13.0. The van der Waals surface area contributed by atoms with Crippen LogP contribution in [0.1, 0.15) is 15.9 Å². The summed E-state index contributed by atoms with van der Waals surface area (Å²) in [5.41, 5.74) is 2.66. The predicted octanol–water partition coefficient (Wildman–Crippen LogP) is 3.54. The van der Waals surface area contributed by atoms with Gasteiger partial charge in [-0.25, -0.2) is 0 Å². The van der Waals surface area contributed by atoms with E-state index in [9.17, 15) is 4.79 Å². The molecule has 0 saturated heterocycles. The first-order chi connectivity index (χ1) is 13.1. The fourth-order valence-electron chi connectivity index (χ4n) is 3.04. The van der Waals surface area contributed by atoms with Gasteiger partial charge in [0.1, 0.15) is 0 Å². The Kier molecular flexibility index (Phi) is 4.19. The summed E-state index contributed by atoms with van der Waals surface area (Å²) in [6.45, 7) is 2.05. The molecule has 2 heterocycles. The van der Waals surface area contributed by atoms with E-state index in [0.717, 1.165) is 5.56 Å². The maximum atomic E-state index is 13.0. The van der Waals surface area contributed by atoms with Crippen molar-refractivity contribution < 1.29 is 23.7 Å². The van der Waals surface area contributed by atoms with Crippen LogP contribution in [0.15, 0.2) is 36.5 Å². The molecule has 0 bridgehead atoms. The number of ether oxygens (including phenoxy) is 4. The summed E-state index contributed by atoms with van der Waals surface area (Å²) >= 11 is 0. The van der Waals surface area contributed by atoms with Gasteiger partial charge in [-0.15, -0.1) is 0 Å². The summed E-state index contributed by atoms with van der Waals surface area (Å²) in [6, 6.07) is 8.79. The van der Waals surface area contributed by atoms with Crippen molar-refractivity contribution in [3.63, 3.8) is 0 Å². The standard InChI is InChI=1S/C20H18N2O5/c1-11-6-16(24-2)17(25-3)8-14(11)22-20(23)12-4-5-21-15-9-19-18(7-13(12)15)26-10-27-19/h4-9H,10H2,1-3H3,(H,22,23). The van der Waals surface area contributed by atoms with Gasteiger partial charge in [-0.3, -0.25) is 9.78 Å². The van der Waals surface area contributed by atoms with Crippen LogP contribution in [0, 0.1) is 6.92 Å². The summed E-state index contributed by atoms with van der Waals surface area (Å²) in [4.78, 5) is 17.3. The maximum Gasteiger partial charge on any atom is 0.256 e. The van der Waals surface area contributed by atoms with Crippen LogP contribution in [0.4, 0.5) is 5.69 Å². The molecule has 0 unspecified atom stereocenters. The molecule has 2 aromatic carbocycles. The highest BCUT2D eigenvalue weighted by Gasteiger charge is 2.19. The summed E-state index contributed by atoms with van der Waals surface area (Å²) in [7, 11) is 3.13. The van der Waals surface area contributed by atoms with Gasteiger partial charge < -0.3 is 24.3 Å². The number of aromatic nitrogens is 1. The van der Waals surface area contributed by atoms with Gasteiger partial charge in [0.2, 0.25) is 6.79 Å². The molecular formula is C20H18N2O5. The van der Waals surface area contributed by atoms with E-state index < -0.39 is 0 Å². The first kappa shape index (κ1) is 17.0. The number of anilines is 1. The fraction of sp³-hybridized carbons (Fsp3) is 0.200. The third-order valence-corrected chi connectivity index (χ3v) is 4.46. The zero-order valence-electron chi connectivity index (χ0n) is 15.2. The molecule has 0 radical (unpaired) electrons. The van der Waals surface area contributed by atoms with Gasteiger partial charge in [-0.2, -0.15) is 0 Å². The van der Waals surface area contributed by atoms with E-state index in [1.807, 2.05) is 13.0 Å². The summed E-state index contributed by atoms with van der Waals surface area (Å²) in [6.07, 6.45) is 1.60. The number of amides is 1. The van der Waals surface area contributed by atoms with Gasteiger partial charge in [0.05, 0.1) is 25.3 Å². The molecule has 0 fully saturated rings. The highest BCUT2D eigenvalue weighted by atomic mass is 16.7. The molecule has 1 aliphatic rings. The van der Waals surface area contributed by atoms with Crippen molar-refractivity contribution in [2.75, 3.05) is 26.3 Å². The minimum absolute atomic E-state index is 0.165. The molecule has 138 valence electrons. The minimum atomic E-state index is -0.253. The Hall–Kier alpha value is -3.48. The number of aryl methyl sites for hydroxylation is 1. The number of hydrogen-bond acceptors (Lipinski definition) is 6. The first-order valence-electron chi connectivity index (χ1n) is 8.33. The monoisotopic (exact) mass is 366 g/mol. The summed E-state index contributed by atoms with van der Waals surface area (Å²) in [5.74, 6) is 2.13. The topological polar surface area (TPSA) is 78.9 Å². The molecule has 0 aliphatic carbocycles. The van der Waals surface area contributed by atoms with Crippen LogP contribution in [-0.4, -0.2) is 31.9 Å². The van der Waals surface area contributed by atoms with Crippen molar-refractivity contribution in [2.24, 2.45) is 0 Å². The number of carbonyl (C=O) groups is 1. The van der Waals surface area contributed by atoms with E-state index in [2.05, 4.69) is 10.3 Å². The van der Waals surface area contributed by atoms with E-state index in [1.54, 1.807) is 44.7 Å². The molecule has 1 N–H and O–H groups in total. The molecular weight excluding hydrogens is 348 g/mol. The highest BCUT2D eigenvalue weighted by molar-refractivity contribution is 6.13. The van der Waals surface area contributed by atoms with Gasteiger partial charge in [0, 0.05) is 29.4 Å². The molecule has 4 rings (SSSR count). The van der Waals surface area contributed by atoms with Crippen molar-refractivity contribution in [1.29, 1.82) is 0 Å². The second-order valence-electron chi connectivity index (χ2n) is 6.06. The predicted molar refractivity (Wildman–Crippen MR) is 100 cm³/mol. The lowest BCUT2D eigenvalue weighted by molar-refractivity contribution is 0.102. The zero-order valence-corrected chi connectivity index (χ0v) is 15.2. The summed E-state index contributed by atoms with van der Waals surface area (Å²) < 4.78 is 21.4. The smallest absolute Gasteiger partial charge is 0.256 e. The molecule has 7 heteroatoms. The lowest BCUT2D eigenvalue weighted by Gasteiger charge is -2.14. The second-order valence-corrected chi connectivity index (χ2v) is 6.06. The second kappa shape index (κ2) is 6.68. The third kappa shape index (κ3) is 2.97. The van der Waals surface area contributed by atoms with Gasteiger partial charge >= 0.3 is 0 Å². The zero-order chi connectivity index (χ0) is 19.0.